The van der Waals surface area contributed by atoms with Gasteiger partial charge in [-0.1, -0.05) is 30.3 Å². The van der Waals surface area contributed by atoms with Gasteiger partial charge in [-0.3, -0.25) is 10.1 Å². The summed E-state index contributed by atoms with van der Waals surface area (Å²) in [5.74, 6) is -0.276. The third-order valence-electron chi connectivity index (χ3n) is 4.90. The van der Waals surface area contributed by atoms with Crippen LogP contribution in [0.4, 0.5) is 10.1 Å². The Morgan fingerprint density at radius 1 is 1.07 bits per heavy atom. The largest absolute Gasteiger partial charge is 0.342 e. The van der Waals surface area contributed by atoms with Crippen LogP contribution in [0.3, 0.4) is 0 Å². The molecule has 146 valence electrons. The van der Waals surface area contributed by atoms with Gasteiger partial charge in [0.25, 0.3) is 5.69 Å². The van der Waals surface area contributed by atoms with Crippen LogP contribution in [0.25, 0.3) is 22.6 Å². The minimum atomic E-state index is -0.470. The third-order valence-corrected chi connectivity index (χ3v) is 4.90. The number of fused-ring (bicyclic) bond motifs is 1. The number of nitro benzene ring substituents is 1. The highest BCUT2D eigenvalue weighted by Crippen LogP contribution is 2.27. The van der Waals surface area contributed by atoms with Gasteiger partial charge in [-0.25, -0.2) is 4.39 Å². The lowest BCUT2D eigenvalue weighted by atomic mass is 10.0. The van der Waals surface area contributed by atoms with Crippen molar-refractivity contribution in [1.82, 2.24) is 4.57 Å². The summed E-state index contributed by atoms with van der Waals surface area (Å²) >= 11 is 0. The van der Waals surface area contributed by atoms with Crippen molar-refractivity contribution >= 4 is 28.2 Å². The van der Waals surface area contributed by atoms with E-state index in [0.29, 0.717) is 17.7 Å². The molecular weight excluding hydrogens is 381 g/mol. The molecule has 0 N–H and O–H groups in total. The fraction of sp³-hybridized carbons (Fsp3) is 0.0417. The van der Waals surface area contributed by atoms with Crippen LogP contribution in [0.1, 0.15) is 16.7 Å². The molecule has 0 atom stereocenters. The van der Waals surface area contributed by atoms with Crippen LogP contribution in [-0.4, -0.2) is 9.49 Å². The first-order chi connectivity index (χ1) is 14.5. The highest BCUT2D eigenvalue weighted by atomic mass is 19.1. The molecule has 6 heteroatoms. The first kappa shape index (κ1) is 19.1. The van der Waals surface area contributed by atoms with E-state index in [1.54, 1.807) is 30.3 Å². The zero-order valence-corrected chi connectivity index (χ0v) is 15.8. The number of halogens is 1. The van der Waals surface area contributed by atoms with Crippen LogP contribution >= 0.6 is 0 Å². The fourth-order valence-corrected chi connectivity index (χ4v) is 3.41. The maximum atomic E-state index is 13.2. The van der Waals surface area contributed by atoms with Gasteiger partial charge in [0.1, 0.15) is 5.82 Å². The van der Waals surface area contributed by atoms with Crippen LogP contribution in [0.15, 0.2) is 79.0 Å². The molecule has 0 aliphatic rings. The molecule has 0 bridgehead atoms. The molecule has 4 rings (SSSR count). The summed E-state index contributed by atoms with van der Waals surface area (Å²) in [5.41, 5.74) is 3.82. The smallest absolute Gasteiger partial charge is 0.269 e. The number of allylic oxidation sites excluding steroid dienone is 1. The zero-order chi connectivity index (χ0) is 21.1. The fourth-order valence-electron chi connectivity index (χ4n) is 3.41. The van der Waals surface area contributed by atoms with Gasteiger partial charge in [0.15, 0.2) is 0 Å². The van der Waals surface area contributed by atoms with Crippen molar-refractivity contribution in [3.63, 3.8) is 0 Å². The number of hydrogen-bond donors (Lipinski definition) is 0. The molecule has 30 heavy (non-hydrogen) atoms. The Kier molecular flexibility index (Phi) is 5.10. The number of benzene rings is 3. The third kappa shape index (κ3) is 3.82. The highest BCUT2D eigenvalue weighted by Gasteiger charge is 2.11. The first-order valence-corrected chi connectivity index (χ1v) is 9.24. The number of nitro groups is 1. The van der Waals surface area contributed by atoms with Gasteiger partial charge in [-0.05, 0) is 47.5 Å². The van der Waals surface area contributed by atoms with Crippen molar-refractivity contribution in [1.29, 1.82) is 5.26 Å². The van der Waals surface area contributed by atoms with Gasteiger partial charge in [-0.15, -0.1) is 0 Å². The number of aromatic nitrogens is 1. The molecule has 3 aromatic carbocycles. The summed E-state index contributed by atoms with van der Waals surface area (Å²) < 4.78 is 15.3. The number of non-ortho nitro benzene ring substituents is 1. The Balaban J connectivity index is 1.75. The average molecular weight is 397 g/mol. The lowest BCUT2D eigenvalue weighted by Gasteiger charge is -2.05. The van der Waals surface area contributed by atoms with Gasteiger partial charge < -0.3 is 4.57 Å². The van der Waals surface area contributed by atoms with Crippen LogP contribution < -0.4 is 0 Å². The topological polar surface area (TPSA) is 71.9 Å². The van der Waals surface area contributed by atoms with Crippen molar-refractivity contribution in [2.45, 2.75) is 6.54 Å². The van der Waals surface area contributed by atoms with Crippen LogP contribution in [0.2, 0.25) is 0 Å². The summed E-state index contributed by atoms with van der Waals surface area (Å²) in [6.07, 6.45) is 3.74. The number of rotatable bonds is 5. The average Bonchev–Trinajstić information content (AvgIpc) is 3.11. The predicted octanol–water partition coefficient (Wildman–Crippen LogP) is 5.80. The standard InChI is InChI=1S/C24H16FN3O2/c25-21-9-5-17(6-10-21)15-27-16-20(23-3-1-2-4-24(23)27)13-19(14-26)18-7-11-22(12-8-18)28(29)30/h1-13,16H,15H2/b19-13-. The molecule has 0 unspecified atom stereocenters. The minimum Gasteiger partial charge on any atom is -0.342 e. The lowest BCUT2D eigenvalue weighted by molar-refractivity contribution is -0.384. The van der Waals surface area contributed by atoms with Gasteiger partial charge in [0.05, 0.1) is 16.6 Å². The van der Waals surface area contributed by atoms with Crippen molar-refractivity contribution < 1.29 is 9.31 Å². The van der Waals surface area contributed by atoms with E-state index in [9.17, 15) is 19.8 Å². The molecule has 0 aliphatic heterocycles. The monoisotopic (exact) mass is 397 g/mol. The normalized spacial score (nSPS) is 11.4. The Labute approximate surface area is 172 Å². The Morgan fingerprint density at radius 2 is 1.77 bits per heavy atom. The second-order valence-corrected chi connectivity index (χ2v) is 6.83. The van der Waals surface area contributed by atoms with Crippen molar-refractivity contribution in [2.75, 3.05) is 0 Å². The second-order valence-electron chi connectivity index (χ2n) is 6.83. The summed E-state index contributed by atoms with van der Waals surface area (Å²) in [6.45, 7) is 0.564. The molecule has 0 saturated heterocycles. The minimum absolute atomic E-state index is 0.0214. The van der Waals surface area contributed by atoms with Gasteiger partial charge >= 0.3 is 0 Å². The molecule has 0 amide bonds. The summed E-state index contributed by atoms with van der Waals surface area (Å²) in [5, 5.41) is 21.5. The molecule has 0 radical (unpaired) electrons. The van der Waals surface area contributed by atoms with E-state index in [0.717, 1.165) is 22.0 Å². The van der Waals surface area contributed by atoms with Gasteiger partial charge in [0.2, 0.25) is 0 Å². The van der Waals surface area contributed by atoms with E-state index >= 15 is 0 Å². The Bertz CT molecular complexity index is 1300. The molecule has 0 fully saturated rings. The van der Waals surface area contributed by atoms with Gasteiger partial charge in [-0.2, -0.15) is 5.26 Å². The summed E-state index contributed by atoms with van der Waals surface area (Å²) in [4.78, 5) is 10.4. The molecule has 0 aliphatic carbocycles. The maximum Gasteiger partial charge on any atom is 0.269 e. The highest BCUT2D eigenvalue weighted by molar-refractivity contribution is 5.98. The SMILES string of the molecule is N#C/C(=C/c1cn(Cc2ccc(F)cc2)c2ccccc12)c1ccc([N+](=O)[O-])cc1. The zero-order valence-electron chi connectivity index (χ0n) is 15.8. The van der Waals surface area contributed by atoms with E-state index in [1.165, 1.54) is 24.3 Å². The van der Waals surface area contributed by atoms with Crippen LogP contribution in [0.5, 0.6) is 0 Å². The predicted molar refractivity (Wildman–Crippen MR) is 114 cm³/mol. The molecule has 4 aromatic rings. The van der Waals surface area contributed by atoms with Crippen molar-refractivity contribution in [2.24, 2.45) is 0 Å². The lowest BCUT2D eigenvalue weighted by Crippen LogP contribution is -1.97. The van der Waals surface area contributed by atoms with Crippen molar-refractivity contribution in [3.05, 3.63) is 112 Å². The van der Waals surface area contributed by atoms with E-state index in [4.69, 9.17) is 0 Å². The van der Waals surface area contributed by atoms with Crippen molar-refractivity contribution in [3.8, 4) is 6.07 Å². The van der Waals surface area contributed by atoms with E-state index < -0.39 is 4.92 Å². The second kappa shape index (κ2) is 8.02. The summed E-state index contributed by atoms with van der Waals surface area (Å²) in [6, 6.07) is 22.3. The molecule has 0 saturated carbocycles. The van der Waals surface area contributed by atoms with E-state index in [-0.39, 0.29) is 11.5 Å². The number of nitrogens with zero attached hydrogens (tertiary/aromatic N) is 3. The van der Waals surface area contributed by atoms with Crippen LogP contribution in [-0.2, 0) is 6.54 Å². The van der Waals surface area contributed by atoms with E-state index in [1.807, 2.05) is 30.5 Å². The molecule has 1 heterocycles. The summed E-state index contributed by atoms with van der Waals surface area (Å²) in [7, 11) is 0. The molecule has 1 aromatic heterocycles. The quantitative estimate of drug-likeness (QED) is 0.243. The first-order valence-electron chi connectivity index (χ1n) is 9.24. The number of hydrogen-bond acceptors (Lipinski definition) is 3. The molecular formula is C24H16FN3O2. The molecule has 0 spiro atoms. The van der Waals surface area contributed by atoms with Crippen LogP contribution in [0, 0.1) is 27.3 Å². The number of nitriles is 1. The molecule has 5 nitrogen and oxygen atoms in total. The van der Waals surface area contributed by atoms with E-state index in [2.05, 4.69) is 10.6 Å². The Morgan fingerprint density at radius 3 is 2.43 bits per heavy atom. The number of para-hydroxylation sites is 1. The van der Waals surface area contributed by atoms with Gasteiger partial charge in [0, 0.05) is 41.3 Å². The maximum absolute atomic E-state index is 13.2. The Hall–Kier alpha value is -4.24.